The Hall–Kier alpha value is -2.24. The molecule has 3 aromatic rings. The second kappa shape index (κ2) is 6.68. The van der Waals surface area contributed by atoms with Crippen LogP contribution in [0.25, 0.3) is 11.3 Å². The Morgan fingerprint density at radius 2 is 2.00 bits per heavy atom. The molecule has 0 aliphatic rings. The standard InChI is InChI=1S/C16H11ClFN3S/c17-13-6-7-14(18)12(8-13)9-19-21-16-20-15(10-22-16)11-4-2-1-3-5-11/h1-10H,(H,20,21). The molecule has 0 saturated heterocycles. The smallest absolute Gasteiger partial charge is 0.203 e. The fraction of sp³-hybridized carbons (Fsp3) is 0. The molecule has 1 N–H and O–H groups in total. The monoisotopic (exact) mass is 331 g/mol. The SMILES string of the molecule is Fc1ccc(Cl)cc1C=NNc1nc(-c2ccccc2)cs1. The first-order valence-corrected chi connectivity index (χ1v) is 7.73. The average molecular weight is 332 g/mol. The Morgan fingerprint density at radius 3 is 2.82 bits per heavy atom. The molecular weight excluding hydrogens is 321 g/mol. The van der Waals surface area contributed by atoms with Crippen LogP contribution in [-0.2, 0) is 0 Å². The van der Waals surface area contributed by atoms with Crippen molar-refractivity contribution >= 4 is 34.3 Å². The van der Waals surface area contributed by atoms with Crippen molar-refractivity contribution in [1.82, 2.24) is 4.98 Å². The molecule has 1 heterocycles. The first-order valence-electron chi connectivity index (χ1n) is 6.47. The van der Waals surface area contributed by atoms with Crippen molar-refractivity contribution in [1.29, 1.82) is 0 Å². The molecule has 6 heteroatoms. The maximum absolute atomic E-state index is 13.5. The van der Waals surface area contributed by atoms with Crippen LogP contribution in [0.5, 0.6) is 0 Å². The van der Waals surface area contributed by atoms with E-state index in [0.717, 1.165) is 11.3 Å². The van der Waals surface area contributed by atoms with Gasteiger partial charge in [0.15, 0.2) is 0 Å². The Balaban J connectivity index is 1.71. The van der Waals surface area contributed by atoms with Crippen LogP contribution in [-0.4, -0.2) is 11.2 Å². The lowest BCUT2D eigenvalue weighted by Crippen LogP contribution is -1.93. The molecule has 110 valence electrons. The van der Waals surface area contributed by atoms with E-state index in [-0.39, 0.29) is 5.82 Å². The summed E-state index contributed by atoms with van der Waals surface area (Å²) >= 11 is 7.26. The molecule has 0 radical (unpaired) electrons. The van der Waals surface area contributed by atoms with Gasteiger partial charge in [0.2, 0.25) is 5.13 Å². The molecule has 0 aliphatic heterocycles. The van der Waals surface area contributed by atoms with E-state index in [0.29, 0.717) is 15.7 Å². The van der Waals surface area contributed by atoms with Crippen molar-refractivity contribution in [2.24, 2.45) is 5.10 Å². The number of anilines is 1. The number of halogens is 2. The Bertz CT molecular complexity index is 802. The number of hydrogen-bond acceptors (Lipinski definition) is 4. The topological polar surface area (TPSA) is 37.3 Å². The van der Waals surface area contributed by atoms with Crippen molar-refractivity contribution in [3.63, 3.8) is 0 Å². The van der Waals surface area contributed by atoms with E-state index in [9.17, 15) is 4.39 Å². The largest absolute Gasteiger partial charge is 0.253 e. The number of hydrogen-bond donors (Lipinski definition) is 1. The van der Waals surface area contributed by atoms with Gasteiger partial charge in [0.25, 0.3) is 0 Å². The Labute approximate surface area is 136 Å². The van der Waals surface area contributed by atoms with E-state index in [4.69, 9.17) is 11.6 Å². The summed E-state index contributed by atoms with van der Waals surface area (Å²) in [7, 11) is 0. The highest BCUT2D eigenvalue weighted by atomic mass is 35.5. The number of hydrazone groups is 1. The molecular formula is C16H11ClFN3S. The summed E-state index contributed by atoms with van der Waals surface area (Å²) in [5.74, 6) is -0.376. The van der Waals surface area contributed by atoms with Gasteiger partial charge in [0.1, 0.15) is 5.82 Å². The highest BCUT2D eigenvalue weighted by molar-refractivity contribution is 7.14. The van der Waals surface area contributed by atoms with Crippen molar-refractivity contribution in [3.05, 3.63) is 70.3 Å². The summed E-state index contributed by atoms with van der Waals surface area (Å²) in [6.45, 7) is 0. The fourth-order valence-electron chi connectivity index (χ4n) is 1.84. The summed E-state index contributed by atoms with van der Waals surface area (Å²) in [5, 5.41) is 7.03. The average Bonchev–Trinajstić information content (AvgIpc) is 3.00. The van der Waals surface area contributed by atoms with Crippen LogP contribution in [0, 0.1) is 5.82 Å². The molecule has 0 unspecified atom stereocenters. The van der Waals surface area contributed by atoms with E-state index < -0.39 is 0 Å². The van der Waals surface area contributed by atoms with Gasteiger partial charge in [-0.1, -0.05) is 41.9 Å². The summed E-state index contributed by atoms with van der Waals surface area (Å²) in [6.07, 6.45) is 1.38. The van der Waals surface area contributed by atoms with Gasteiger partial charge in [-0.2, -0.15) is 5.10 Å². The van der Waals surface area contributed by atoms with Gasteiger partial charge in [0.05, 0.1) is 11.9 Å². The van der Waals surface area contributed by atoms with Gasteiger partial charge in [-0.15, -0.1) is 11.3 Å². The van der Waals surface area contributed by atoms with Gasteiger partial charge in [0, 0.05) is 21.5 Å². The van der Waals surface area contributed by atoms with Crippen LogP contribution in [0.15, 0.2) is 59.0 Å². The third-order valence-electron chi connectivity index (χ3n) is 2.90. The molecule has 0 aliphatic carbocycles. The lowest BCUT2D eigenvalue weighted by Gasteiger charge is -1.98. The number of nitrogens with zero attached hydrogens (tertiary/aromatic N) is 2. The number of nitrogens with one attached hydrogen (secondary N) is 1. The normalized spacial score (nSPS) is 11.0. The van der Waals surface area contributed by atoms with Crippen LogP contribution in [0.4, 0.5) is 9.52 Å². The molecule has 1 aromatic heterocycles. The maximum atomic E-state index is 13.5. The number of aromatic nitrogens is 1. The van der Waals surface area contributed by atoms with Crippen LogP contribution in [0.3, 0.4) is 0 Å². The van der Waals surface area contributed by atoms with Crippen LogP contribution < -0.4 is 5.43 Å². The quantitative estimate of drug-likeness (QED) is 0.536. The summed E-state index contributed by atoms with van der Waals surface area (Å²) in [5.41, 5.74) is 5.03. The molecule has 0 atom stereocenters. The Kier molecular flexibility index (Phi) is 4.46. The number of thiazole rings is 1. The molecule has 0 fully saturated rings. The summed E-state index contributed by atoms with van der Waals surface area (Å²) < 4.78 is 13.5. The Morgan fingerprint density at radius 1 is 1.18 bits per heavy atom. The van der Waals surface area contributed by atoms with E-state index >= 15 is 0 Å². The van der Waals surface area contributed by atoms with E-state index in [1.165, 1.54) is 35.8 Å². The number of benzene rings is 2. The zero-order chi connectivity index (χ0) is 15.4. The van der Waals surface area contributed by atoms with Crippen molar-refractivity contribution < 1.29 is 4.39 Å². The molecule has 3 nitrogen and oxygen atoms in total. The summed E-state index contributed by atoms with van der Waals surface area (Å²) in [6, 6.07) is 14.2. The highest BCUT2D eigenvalue weighted by Gasteiger charge is 2.03. The lowest BCUT2D eigenvalue weighted by atomic mass is 10.2. The first kappa shape index (κ1) is 14.7. The predicted molar refractivity (Wildman–Crippen MR) is 90.2 cm³/mol. The predicted octanol–water partition coefficient (Wildman–Crippen LogP) is 5.05. The minimum absolute atomic E-state index is 0.319. The zero-order valence-corrected chi connectivity index (χ0v) is 12.9. The van der Waals surface area contributed by atoms with Crippen molar-refractivity contribution in [2.45, 2.75) is 0 Å². The highest BCUT2D eigenvalue weighted by Crippen LogP contribution is 2.24. The zero-order valence-electron chi connectivity index (χ0n) is 11.3. The maximum Gasteiger partial charge on any atom is 0.203 e. The molecule has 0 spiro atoms. The van der Waals surface area contributed by atoms with Gasteiger partial charge in [-0.3, -0.25) is 5.43 Å². The molecule has 2 aromatic carbocycles. The fourth-order valence-corrected chi connectivity index (χ4v) is 2.69. The molecule has 0 saturated carbocycles. The van der Waals surface area contributed by atoms with Crippen molar-refractivity contribution in [3.8, 4) is 11.3 Å². The van der Waals surface area contributed by atoms with Crippen LogP contribution in [0.1, 0.15) is 5.56 Å². The van der Waals surface area contributed by atoms with Crippen molar-refractivity contribution in [2.75, 3.05) is 5.43 Å². The molecule has 22 heavy (non-hydrogen) atoms. The minimum atomic E-state index is -0.376. The second-order valence-electron chi connectivity index (χ2n) is 4.44. The van der Waals surface area contributed by atoms with Crippen LogP contribution >= 0.6 is 22.9 Å². The van der Waals surface area contributed by atoms with Gasteiger partial charge in [-0.05, 0) is 18.2 Å². The van der Waals surface area contributed by atoms with E-state index in [1.54, 1.807) is 0 Å². The first-order chi connectivity index (χ1) is 10.7. The van der Waals surface area contributed by atoms with Gasteiger partial charge >= 0.3 is 0 Å². The van der Waals surface area contributed by atoms with Gasteiger partial charge < -0.3 is 0 Å². The van der Waals surface area contributed by atoms with E-state index in [2.05, 4.69) is 15.5 Å². The molecule has 3 rings (SSSR count). The second-order valence-corrected chi connectivity index (χ2v) is 5.73. The number of rotatable bonds is 4. The lowest BCUT2D eigenvalue weighted by molar-refractivity contribution is 0.626. The molecule has 0 amide bonds. The van der Waals surface area contributed by atoms with Crippen LogP contribution in [0.2, 0.25) is 5.02 Å². The summed E-state index contributed by atoms with van der Waals surface area (Å²) in [4.78, 5) is 4.43. The third kappa shape index (κ3) is 3.50. The third-order valence-corrected chi connectivity index (χ3v) is 3.88. The van der Waals surface area contributed by atoms with Gasteiger partial charge in [-0.25, -0.2) is 9.37 Å². The van der Waals surface area contributed by atoms with E-state index in [1.807, 2.05) is 35.7 Å². The minimum Gasteiger partial charge on any atom is -0.253 e. The molecule has 0 bridgehead atoms.